The van der Waals surface area contributed by atoms with Crippen molar-refractivity contribution in [3.8, 4) is 0 Å². The molecular weight excluding hydrogens is 321 g/mol. The Balaban J connectivity index is 2.12. The first-order valence-electron chi connectivity index (χ1n) is 4.73. The molecule has 2 aromatic rings. The molecule has 2 rings (SSSR count). The van der Waals surface area contributed by atoms with Gasteiger partial charge in [-0.2, -0.15) is 5.10 Å². The van der Waals surface area contributed by atoms with Crippen molar-refractivity contribution < 1.29 is 9.90 Å². The number of rotatable bonds is 4. The van der Waals surface area contributed by atoms with Gasteiger partial charge in [-0.05, 0) is 34.7 Å². The van der Waals surface area contributed by atoms with Gasteiger partial charge < -0.3 is 9.67 Å². The Hall–Kier alpha value is -1.31. The number of aryl methyl sites for hydroxylation is 2. The summed E-state index contributed by atoms with van der Waals surface area (Å²) in [6.45, 7) is 1.27. The summed E-state index contributed by atoms with van der Waals surface area (Å²) in [5, 5.41) is 13.1. The van der Waals surface area contributed by atoms with Crippen LogP contribution in [-0.4, -0.2) is 25.4 Å². The summed E-state index contributed by atoms with van der Waals surface area (Å²) in [5.41, 5.74) is 0.316. The lowest BCUT2D eigenvalue weighted by molar-refractivity contribution is 0.0684. The lowest BCUT2D eigenvalue weighted by Gasteiger charge is -2.05. The van der Waals surface area contributed by atoms with Crippen molar-refractivity contribution in [2.24, 2.45) is 0 Å². The molecule has 84 valence electrons. The average molecular weight is 331 g/mol. The molecule has 0 aliphatic carbocycles. The van der Waals surface area contributed by atoms with Crippen molar-refractivity contribution in [3.63, 3.8) is 0 Å². The van der Waals surface area contributed by atoms with Crippen LogP contribution < -0.4 is 0 Å². The molecule has 0 aliphatic heterocycles. The Morgan fingerprint density at radius 3 is 2.94 bits per heavy atom. The van der Waals surface area contributed by atoms with Gasteiger partial charge in [0.25, 0.3) is 0 Å². The van der Waals surface area contributed by atoms with E-state index in [0.29, 0.717) is 18.8 Å². The molecule has 0 radical (unpaired) electrons. The first-order chi connectivity index (χ1) is 7.66. The minimum atomic E-state index is -0.900. The van der Waals surface area contributed by atoms with Gasteiger partial charge in [0, 0.05) is 28.7 Å². The molecule has 2 heterocycles. The molecule has 0 unspecified atom stereocenters. The lowest BCUT2D eigenvalue weighted by Crippen LogP contribution is -2.12. The second-order valence-electron chi connectivity index (χ2n) is 3.31. The number of nitrogens with zero attached hydrogens (tertiary/aromatic N) is 3. The Morgan fingerprint density at radius 2 is 2.31 bits per heavy atom. The van der Waals surface area contributed by atoms with Crippen molar-refractivity contribution >= 4 is 28.6 Å². The molecule has 0 aromatic carbocycles. The van der Waals surface area contributed by atoms with Gasteiger partial charge in [0.15, 0.2) is 0 Å². The number of halogens is 1. The van der Waals surface area contributed by atoms with E-state index in [1.807, 2.05) is 18.5 Å². The van der Waals surface area contributed by atoms with Crippen molar-refractivity contribution in [2.75, 3.05) is 0 Å². The zero-order valence-electron chi connectivity index (χ0n) is 8.38. The summed E-state index contributed by atoms with van der Waals surface area (Å²) in [6.07, 6.45) is 5.39. The van der Waals surface area contributed by atoms with Crippen LogP contribution >= 0.6 is 22.6 Å². The zero-order chi connectivity index (χ0) is 11.5. The molecule has 2 aromatic heterocycles. The van der Waals surface area contributed by atoms with Crippen molar-refractivity contribution in [2.45, 2.75) is 13.1 Å². The first-order valence-corrected chi connectivity index (χ1v) is 5.81. The fraction of sp³-hybridized carbons (Fsp3) is 0.200. The standard InChI is InChI=1S/C10H10IN3O2/c11-8-6-9(10(15)16)13(7-8)4-5-14-3-1-2-12-14/h1-3,6-7H,4-5H2,(H,15,16). The number of carbonyl (C=O) groups is 1. The number of aromatic carboxylic acids is 1. The van der Waals surface area contributed by atoms with E-state index in [0.717, 1.165) is 3.57 Å². The van der Waals surface area contributed by atoms with Crippen LogP contribution in [0.25, 0.3) is 0 Å². The Labute approximate surface area is 106 Å². The average Bonchev–Trinajstić information content (AvgIpc) is 2.83. The second kappa shape index (κ2) is 4.69. The number of hydrogen-bond donors (Lipinski definition) is 1. The van der Waals surface area contributed by atoms with Crippen LogP contribution in [0.3, 0.4) is 0 Å². The van der Waals surface area contributed by atoms with Gasteiger partial charge in [-0.15, -0.1) is 0 Å². The van der Waals surface area contributed by atoms with E-state index in [1.54, 1.807) is 21.5 Å². The second-order valence-corrected chi connectivity index (χ2v) is 4.56. The van der Waals surface area contributed by atoms with Gasteiger partial charge in [0.05, 0.1) is 6.54 Å². The SMILES string of the molecule is O=C(O)c1cc(I)cn1CCn1cccn1. The number of aromatic nitrogens is 3. The maximum absolute atomic E-state index is 10.9. The molecule has 1 N–H and O–H groups in total. The normalized spacial score (nSPS) is 10.6. The smallest absolute Gasteiger partial charge is 0.352 e. The summed E-state index contributed by atoms with van der Waals surface area (Å²) in [6, 6.07) is 3.50. The largest absolute Gasteiger partial charge is 0.477 e. The van der Waals surface area contributed by atoms with E-state index in [2.05, 4.69) is 27.7 Å². The molecule has 0 saturated carbocycles. The zero-order valence-corrected chi connectivity index (χ0v) is 10.5. The van der Waals surface area contributed by atoms with Gasteiger partial charge in [-0.1, -0.05) is 0 Å². The summed E-state index contributed by atoms with van der Waals surface area (Å²) in [7, 11) is 0. The van der Waals surface area contributed by atoms with Crippen LogP contribution in [0.15, 0.2) is 30.7 Å². The predicted octanol–water partition coefficient (Wildman–Crippen LogP) is 1.69. The topological polar surface area (TPSA) is 60.0 Å². The van der Waals surface area contributed by atoms with Crippen LogP contribution in [-0.2, 0) is 13.1 Å². The van der Waals surface area contributed by atoms with Crippen LogP contribution in [0.4, 0.5) is 0 Å². The molecule has 0 spiro atoms. The Morgan fingerprint density at radius 1 is 1.50 bits per heavy atom. The van der Waals surface area contributed by atoms with E-state index in [1.165, 1.54) is 0 Å². The molecule has 0 atom stereocenters. The molecule has 0 saturated heterocycles. The molecule has 0 fully saturated rings. The molecule has 5 nitrogen and oxygen atoms in total. The third-order valence-corrected chi connectivity index (χ3v) is 2.80. The third-order valence-electron chi connectivity index (χ3n) is 2.21. The van der Waals surface area contributed by atoms with Crippen LogP contribution in [0.2, 0.25) is 0 Å². The first kappa shape index (κ1) is 11.2. The molecule has 0 amide bonds. The lowest BCUT2D eigenvalue weighted by atomic mass is 10.4. The highest BCUT2D eigenvalue weighted by atomic mass is 127. The molecule has 6 heteroatoms. The molecular formula is C10H10IN3O2. The molecule has 0 bridgehead atoms. The van der Waals surface area contributed by atoms with E-state index < -0.39 is 5.97 Å². The summed E-state index contributed by atoms with van der Waals surface area (Å²) in [5.74, 6) is -0.900. The number of carboxylic acids is 1. The van der Waals surface area contributed by atoms with E-state index in [4.69, 9.17) is 5.11 Å². The van der Waals surface area contributed by atoms with Crippen molar-refractivity contribution in [3.05, 3.63) is 40.0 Å². The highest BCUT2D eigenvalue weighted by Crippen LogP contribution is 2.11. The highest BCUT2D eigenvalue weighted by Gasteiger charge is 2.10. The monoisotopic (exact) mass is 331 g/mol. The van der Waals surface area contributed by atoms with Gasteiger partial charge in [-0.25, -0.2) is 4.79 Å². The molecule has 16 heavy (non-hydrogen) atoms. The van der Waals surface area contributed by atoms with Gasteiger partial charge in [0.1, 0.15) is 5.69 Å². The Bertz CT molecular complexity index is 490. The summed E-state index contributed by atoms with van der Waals surface area (Å²) >= 11 is 2.11. The highest BCUT2D eigenvalue weighted by molar-refractivity contribution is 14.1. The van der Waals surface area contributed by atoms with Gasteiger partial charge in [0.2, 0.25) is 0 Å². The van der Waals surface area contributed by atoms with E-state index in [9.17, 15) is 4.79 Å². The summed E-state index contributed by atoms with van der Waals surface area (Å²) < 4.78 is 4.43. The van der Waals surface area contributed by atoms with Gasteiger partial charge in [-0.3, -0.25) is 4.68 Å². The van der Waals surface area contributed by atoms with E-state index in [-0.39, 0.29) is 0 Å². The number of hydrogen-bond acceptors (Lipinski definition) is 2. The van der Waals surface area contributed by atoms with Crippen molar-refractivity contribution in [1.29, 1.82) is 0 Å². The van der Waals surface area contributed by atoms with Crippen molar-refractivity contribution in [1.82, 2.24) is 14.3 Å². The fourth-order valence-corrected chi connectivity index (χ4v) is 2.11. The summed E-state index contributed by atoms with van der Waals surface area (Å²) in [4.78, 5) is 10.9. The minimum absolute atomic E-state index is 0.316. The predicted molar refractivity (Wildman–Crippen MR) is 66.3 cm³/mol. The maximum atomic E-state index is 10.9. The minimum Gasteiger partial charge on any atom is -0.477 e. The maximum Gasteiger partial charge on any atom is 0.352 e. The molecule has 0 aliphatic rings. The van der Waals surface area contributed by atoms with E-state index >= 15 is 0 Å². The number of carboxylic acid groups (broad SMARTS) is 1. The fourth-order valence-electron chi connectivity index (χ4n) is 1.48. The van der Waals surface area contributed by atoms with Crippen LogP contribution in [0.5, 0.6) is 0 Å². The Kier molecular flexibility index (Phi) is 3.28. The van der Waals surface area contributed by atoms with Crippen LogP contribution in [0, 0.1) is 3.57 Å². The van der Waals surface area contributed by atoms with Crippen LogP contribution in [0.1, 0.15) is 10.5 Å². The third kappa shape index (κ3) is 2.43. The quantitative estimate of drug-likeness (QED) is 0.868. The van der Waals surface area contributed by atoms with Gasteiger partial charge >= 0.3 is 5.97 Å².